The van der Waals surface area contributed by atoms with Crippen LogP contribution in [0.25, 0.3) is 0 Å². The average Bonchev–Trinajstić information content (AvgIpc) is 3.15. The van der Waals surface area contributed by atoms with E-state index in [4.69, 9.17) is 12.2 Å². The van der Waals surface area contributed by atoms with Gasteiger partial charge < -0.3 is 15.2 Å². The molecule has 4 rings (SSSR count). The lowest BCUT2D eigenvalue weighted by Gasteiger charge is -2.37. The van der Waals surface area contributed by atoms with Crippen molar-refractivity contribution in [3.8, 4) is 0 Å². The number of nitrogens with zero attached hydrogens (tertiary/aromatic N) is 2. The van der Waals surface area contributed by atoms with E-state index in [0.717, 1.165) is 30.3 Å². The minimum atomic E-state index is 0.0481. The van der Waals surface area contributed by atoms with Crippen molar-refractivity contribution in [2.75, 3.05) is 6.54 Å². The molecule has 3 aromatic rings. The van der Waals surface area contributed by atoms with Gasteiger partial charge >= 0.3 is 0 Å². The molecule has 0 bridgehead atoms. The maximum absolute atomic E-state index is 5.73. The standard InChI is InChI=1S/C20H20N4S/c25-20(21-13-15-7-3-1-4-8-15)24-12-11-17-18(23-14-22-17)19(24)16-9-5-2-6-10-16/h1-10,14,19H,11-13H2,(H,21,25)(H,22,23)/t19-/m0/s1. The second-order valence-corrected chi connectivity index (χ2v) is 6.55. The fraction of sp³-hybridized carbons (Fsp3) is 0.200. The van der Waals surface area contributed by atoms with Gasteiger partial charge in [-0.3, -0.25) is 0 Å². The summed E-state index contributed by atoms with van der Waals surface area (Å²) in [5.74, 6) is 0. The molecule has 126 valence electrons. The Labute approximate surface area is 152 Å². The Hall–Kier alpha value is -2.66. The van der Waals surface area contributed by atoms with Crippen LogP contribution in [0.3, 0.4) is 0 Å². The number of hydrogen-bond acceptors (Lipinski definition) is 2. The first kappa shape index (κ1) is 15.8. The van der Waals surface area contributed by atoms with Gasteiger partial charge in [-0.2, -0.15) is 0 Å². The molecule has 2 aromatic carbocycles. The Balaban J connectivity index is 1.58. The summed E-state index contributed by atoms with van der Waals surface area (Å²) in [7, 11) is 0. The van der Waals surface area contributed by atoms with Crippen LogP contribution in [0.5, 0.6) is 0 Å². The third-order valence-corrected chi connectivity index (χ3v) is 4.97. The number of thiocarbonyl (C=S) groups is 1. The maximum Gasteiger partial charge on any atom is 0.170 e. The van der Waals surface area contributed by atoms with Crippen LogP contribution in [0.1, 0.15) is 28.6 Å². The van der Waals surface area contributed by atoms with Crippen molar-refractivity contribution >= 4 is 17.3 Å². The normalized spacial score (nSPS) is 16.3. The number of benzene rings is 2. The Morgan fingerprint density at radius 1 is 1.12 bits per heavy atom. The summed E-state index contributed by atoms with van der Waals surface area (Å²) in [6, 6.07) is 20.8. The van der Waals surface area contributed by atoms with Crippen LogP contribution in [-0.4, -0.2) is 26.5 Å². The number of aromatic nitrogens is 2. The lowest BCUT2D eigenvalue weighted by Crippen LogP contribution is -2.45. The Morgan fingerprint density at radius 3 is 2.60 bits per heavy atom. The zero-order valence-corrected chi connectivity index (χ0v) is 14.7. The van der Waals surface area contributed by atoms with E-state index in [1.54, 1.807) is 6.33 Å². The minimum absolute atomic E-state index is 0.0481. The third kappa shape index (κ3) is 3.28. The van der Waals surface area contributed by atoms with Crippen LogP contribution in [0, 0.1) is 0 Å². The van der Waals surface area contributed by atoms with Crippen molar-refractivity contribution in [3.05, 3.63) is 89.5 Å². The molecule has 0 unspecified atom stereocenters. The van der Waals surface area contributed by atoms with E-state index < -0.39 is 0 Å². The third-order valence-electron chi connectivity index (χ3n) is 4.59. The van der Waals surface area contributed by atoms with Gasteiger partial charge in [-0.05, 0) is 23.3 Å². The lowest BCUT2D eigenvalue weighted by atomic mass is 9.96. The highest BCUT2D eigenvalue weighted by molar-refractivity contribution is 7.80. The minimum Gasteiger partial charge on any atom is -0.358 e. The summed E-state index contributed by atoms with van der Waals surface area (Å²) in [5, 5.41) is 4.18. The number of hydrogen-bond donors (Lipinski definition) is 2. The van der Waals surface area contributed by atoms with E-state index in [1.807, 2.05) is 24.3 Å². The van der Waals surface area contributed by atoms with Gasteiger partial charge in [0.05, 0.1) is 12.0 Å². The first-order valence-corrected chi connectivity index (χ1v) is 8.89. The predicted molar refractivity (Wildman–Crippen MR) is 103 cm³/mol. The number of rotatable bonds is 3. The molecule has 1 aromatic heterocycles. The summed E-state index contributed by atoms with van der Waals surface area (Å²) in [4.78, 5) is 10.1. The summed E-state index contributed by atoms with van der Waals surface area (Å²) < 4.78 is 0. The fourth-order valence-electron chi connectivity index (χ4n) is 3.34. The highest BCUT2D eigenvalue weighted by Gasteiger charge is 2.32. The van der Waals surface area contributed by atoms with Crippen LogP contribution in [0.15, 0.2) is 67.0 Å². The molecule has 25 heavy (non-hydrogen) atoms. The van der Waals surface area contributed by atoms with E-state index in [9.17, 15) is 0 Å². The number of imidazole rings is 1. The molecule has 0 saturated heterocycles. The molecule has 1 aliphatic rings. The van der Waals surface area contributed by atoms with E-state index in [2.05, 4.69) is 56.6 Å². The van der Waals surface area contributed by atoms with E-state index in [1.165, 1.54) is 16.8 Å². The molecule has 0 aliphatic carbocycles. The summed E-state index contributed by atoms with van der Waals surface area (Å²) >= 11 is 5.73. The van der Waals surface area contributed by atoms with Crippen LogP contribution in [-0.2, 0) is 13.0 Å². The molecule has 0 saturated carbocycles. The molecular weight excluding hydrogens is 328 g/mol. The van der Waals surface area contributed by atoms with Crippen molar-refractivity contribution < 1.29 is 0 Å². The number of fused-ring (bicyclic) bond motifs is 1. The van der Waals surface area contributed by atoms with Gasteiger partial charge in [0.15, 0.2) is 5.11 Å². The topological polar surface area (TPSA) is 44.0 Å². The Morgan fingerprint density at radius 2 is 1.84 bits per heavy atom. The second-order valence-electron chi connectivity index (χ2n) is 6.17. The van der Waals surface area contributed by atoms with Crippen LogP contribution < -0.4 is 5.32 Å². The van der Waals surface area contributed by atoms with Gasteiger partial charge in [0.1, 0.15) is 6.04 Å². The van der Waals surface area contributed by atoms with E-state index >= 15 is 0 Å². The Bertz CT molecular complexity index is 844. The highest BCUT2D eigenvalue weighted by Crippen LogP contribution is 2.33. The lowest BCUT2D eigenvalue weighted by molar-refractivity contribution is 0.327. The largest absolute Gasteiger partial charge is 0.358 e. The second kappa shape index (κ2) is 7.07. The molecule has 1 atom stereocenters. The molecule has 0 radical (unpaired) electrons. The van der Waals surface area contributed by atoms with Crippen molar-refractivity contribution in [3.63, 3.8) is 0 Å². The molecule has 2 heterocycles. The van der Waals surface area contributed by atoms with Crippen LogP contribution >= 0.6 is 12.2 Å². The van der Waals surface area contributed by atoms with Gasteiger partial charge in [-0.25, -0.2) is 4.98 Å². The fourth-order valence-corrected chi connectivity index (χ4v) is 3.61. The van der Waals surface area contributed by atoms with E-state index in [-0.39, 0.29) is 6.04 Å². The first-order valence-electron chi connectivity index (χ1n) is 8.48. The number of nitrogens with one attached hydrogen (secondary N) is 2. The van der Waals surface area contributed by atoms with Crippen molar-refractivity contribution in [2.45, 2.75) is 19.0 Å². The summed E-state index contributed by atoms with van der Waals surface area (Å²) in [6.45, 7) is 1.60. The maximum atomic E-state index is 5.73. The highest BCUT2D eigenvalue weighted by atomic mass is 32.1. The summed E-state index contributed by atoms with van der Waals surface area (Å²) in [6.07, 6.45) is 2.70. The quantitative estimate of drug-likeness (QED) is 0.712. The molecule has 5 heteroatoms. The summed E-state index contributed by atoms with van der Waals surface area (Å²) in [5.41, 5.74) is 4.70. The smallest absolute Gasteiger partial charge is 0.170 e. The van der Waals surface area contributed by atoms with Crippen molar-refractivity contribution in [1.82, 2.24) is 20.2 Å². The van der Waals surface area contributed by atoms with Crippen LogP contribution in [0.4, 0.5) is 0 Å². The Kier molecular flexibility index (Phi) is 4.48. The predicted octanol–water partition coefficient (Wildman–Crippen LogP) is 3.43. The number of aromatic amines is 1. The molecule has 0 spiro atoms. The molecule has 0 amide bonds. The van der Waals surface area contributed by atoms with Gasteiger partial charge in [0.25, 0.3) is 0 Å². The molecular formula is C20H20N4S. The first-order chi connectivity index (χ1) is 12.3. The van der Waals surface area contributed by atoms with Gasteiger partial charge in [-0.15, -0.1) is 0 Å². The van der Waals surface area contributed by atoms with Gasteiger partial charge in [0, 0.05) is 25.2 Å². The van der Waals surface area contributed by atoms with E-state index in [0.29, 0.717) is 0 Å². The van der Waals surface area contributed by atoms with Crippen molar-refractivity contribution in [2.24, 2.45) is 0 Å². The van der Waals surface area contributed by atoms with Crippen LogP contribution in [0.2, 0.25) is 0 Å². The molecule has 4 nitrogen and oxygen atoms in total. The van der Waals surface area contributed by atoms with Crippen molar-refractivity contribution in [1.29, 1.82) is 0 Å². The SMILES string of the molecule is S=C(NCc1ccccc1)N1CCc2[nH]cnc2[C@@H]1c1ccccc1. The molecule has 0 fully saturated rings. The monoisotopic (exact) mass is 348 g/mol. The zero-order chi connectivity index (χ0) is 17.1. The molecule has 1 aliphatic heterocycles. The van der Waals surface area contributed by atoms with Gasteiger partial charge in [-0.1, -0.05) is 60.7 Å². The number of H-pyrrole nitrogens is 1. The average molecular weight is 348 g/mol. The zero-order valence-electron chi connectivity index (χ0n) is 13.9. The molecule has 2 N–H and O–H groups in total. The van der Waals surface area contributed by atoms with Gasteiger partial charge in [0.2, 0.25) is 0 Å².